The van der Waals surface area contributed by atoms with Crippen LogP contribution in [-0.4, -0.2) is 7.11 Å². The average Bonchev–Trinajstić information content (AvgIpc) is 2.38. The summed E-state index contributed by atoms with van der Waals surface area (Å²) in [6.45, 7) is 0. The molecule has 0 saturated carbocycles. The molecule has 0 aliphatic heterocycles. The lowest BCUT2D eigenvalue weighted by Crippen LogP contribution is -2.05. The number of hydrogen-bond acceptors (Lipinski definition) is 1. The van der Waals surface area contributed by atoms with Gasteiger partial charge in [0.1, 0.15) is 5.75 Å². The number of hydrogen-bond donors (Lipinski definition) is 0. The van der Waals surface area contributed by atoms with Crippen LogP contribution >= 0.6 is 15.9 Å². The second kappa shape index (κ2) is 5.25. The van der Waals surface area contributed by atoms with Gasteiger partial charge < -0.3 is 4.74 Å². The van der Waals surface area contributed by atoms with Gasteiger partial charge in [0, 0.05) is 10.0 Å². The van der Waals surface area contributed by atoms with Crippen LogP contribution in [0.5, 0.6) is 5.75 Å². The van der Waals surface area contributed by atoms with Crippen molar-refractivity contribution in [1.29, 1.82) is 0 Å². The minimum atomic E-state index is -4.37. The number of benzene rings is 2. The minimum absolute atomic E-state index is 0.206. The largest absolute Gasteiger partial charge is 0.496 e. The van der Waals surface area contributed by atoms with E-state index in [9.17, 15) is 13.2 Å². The van der Waals surface area contributed by atoms with Gasteiger partial charge in [0.15, 0.2) is 0 Å². The van der Waals surface area contributed by atoms with Gasteiger partial charge in [0.05, 0.1) is 12.7 Å². The van der Waals surface area contributed by atoms with Gasteiger partial charge >= 0.3 is 6.18 Å². The summed E-state index contributed by atoms with van der Waals surface area (Å²) in [7, 11) is 1.36. The summed E-state index contributed by atoms with van der Waals surface area (Å²) < 4.78 is 43.8. The molecule has 2 rings (SSSR count). The van der Waals surface area contributed by atoms with E-state index in [1.165, 1.54) is 13.2 Å². The van der Waals surface area contributed by atoms with Gasteiger partial charge in [-0.1, -0.05) is 34.1 Å². The summed E-state index contributed by atoms with van der Waals surface area (Å²) in [6.07, 6.45) is -4.37. The molecule has 19 heavy (non-hydrogen) atoms. The van der Waals surface area contributed by atoms with E-state index in [1.54, 1.807) is 0 Å². The van der Waals surface area contributed by atoms with Crippen LogP contribution in [0.15, 0.2) is 46.9 Å². The van der Waals surface area contributed by atoms with Crippen molar-refractivity contribution in [2.75, 3.05) is 7.11 Å². The van der Waals surface area contributed by atoms with Crippen molar-refractivity contribution in [3.05, 3.63) is 52.5 Å². The van der Waals surface area contributed by atoms with Crippen molar-refractivity contribution in [2.24, 2.45) is 0 Å². The standard InChI is InChI=1S/C14H10BrF3O/c1-19-13-8-10(14(16,17)18)4-7-12(13)9-2-5-11(15)6-3-9/h2-8H,1H3. The predicted octanol–water partition coefficient (Wildman–Crippen LogP) is 5.14. The summed E-state index contributed by atoms with van der Waals surface area (Å²) >= 11 is 3.31. The highest BCUT2D eigenvalue weighted by Crippen LogP contribution is 2.37. The number of alkyl halides is 3. The summed E-state index contributed by atoms with van der Waals surface area (Å²) in [4.78, 5) is 0. The second-order valence-electron chi connectivity index (χ2n) is 3.92. The van der Waals surface area contributed by atoms with Gasteiger partial charge in [-0.2, -0.15) is 13.2 Å². The molecule has 0 bridgehead atoms. The molecule has 2 aromatic rings. The first kappa shape index (κ1) is 13.9. The Bertz CT molecular complexity index is 576. The third-order valence-electron chi connectivity index (χ3n) is 2.68. The summed E-state index contributed by atoms with van der Waals surface area (Å²) in [5.74, 6) is 0.206. The zero-order valence-electron chi connectivity index (χ0n) is 9.96. The van der Waals surface area contributed by atoms with E-state index in [0.29, 0.717) is 5.56 Å². The van der Waals surface area contributed by atoms with Crippen LogP contribution in [-0.2, 0) is 6.18 Å². The van der Waals surface area contributed by atoms with Crippen molar-refractivity contribution >= 4 is 15.9 Å². The average molecular weight is 331 g/mol. The summed E-state index contributed by atoms with van der Waals surface area (Å²) in [5.41, 5.74) is 0.710. The van der Waals surface area contributed by atoms with Gasteiger partial charge in [-0.3, -0.25) is 0 Å². The molecule has 0 atom stereocenters. The molecule has 2 aromatic carbocycles. The van der Waals surface area contributed by atoms with E-state index < -0.39 is 11.7 Å². The molecule has 0 spiro atoms. The molecule has 0 aliphatic carbocycles. The van der Waals surface area contributed by atoms with E-state index in [2.05, 4.69) is 15.9 Å². The Labute approximate surface area is 117 Å². The maximum Gasteiger partial charge on any atom is 0.416 e. The van der Waals surface area contributed by atoms with Gasteiger partial charge in [0.25, 0.3) is 0 Å². The number of rotatable bonds is 2. The monoisotopic (exact) mass is 330 g/mol. The van der Waals surface area contributed by atoms with Crippen LogP contribution in [0, 0.1) is 0 Å². The number of ether oxygens (including phenoxy) is 1. The molecular weight excluding hydrogens is 321 g/mol. The Morgan fingerprint density at radius 1 is 1.00 bits per heavy atom. The minimum Gasteiger partial charge on any atom is -0.496 e. The zero-order chi connectivity index (χ0) is 14.0. The maximum absolute atomic E-state index is 12.6. The molecule has 0 saturated heterocycles. The van der Waals surface area contributed by atoms with Gasteiger partial charge in [-0.15, -0.1) is 0 Å². The first-order valence-electron chi connectivity index (χ1n) is 5.43. The van der Waals surface area contributed by atoms with Crippen molar-refractivity contribution in [1.82, 2.24) is 0 Å². The SMILES string of the molecule is COc1cc(C(F)(F)F)ccc1-c1ccc(Br)cc1. The molecule has 5 heteroatoms. The summed E-state index contributed by atoms with van der Waals surface area (Å²) in [5, 5.41) is 0. The molecule has 0 unspecified atom stereocenters. The highest BCUT2D eigenvalue weighted by molar-refractivity contribution is 9.10. The second-order valence-corrected chi connectivity index (χ2v) is 4.84. The quantitative estimate of drug-likeness (QED) is 0.740. The maximum atomic E-state index is 12.6. The molecule has 1 nitrogen and oxygen atoms in total. The van der Waals surface area contributed by atoms with Crippen molar-refractivity contribution in [3.63, 3.8) is 0 Å². The fourth-order valence-electron chi connectivity index (χ4n) is 1.74. The van der Waals surface area contributed by atoms with Crippen LogP contribution in [0.1, 0.15) is 5.56 Å². The first-order valence-corrected chi connectivity index (χ1v) is 6.22. The highest BCUT2D eigenvalue weighted by Gasteiger charge is 2.31. The third kappa shape index (κ3) is 3.10. The molecule has 0 fully saturated rings. The van der Waals surface area contributed by atoms with Crippen LogP contribution < -0.4 is 4.74 Å². The normalized spacial score (nSPS) is 11.4. The van der Waals surface area contributed by atoms with Crippen molar-refractivity contribution in [3.8, 4) is 16.9 Å². The Morgan fingerprint density at radius 3 is 2.16 bits per heavy atom. The van der Waals surface area contributed by atoms with Crippen LogP contribution in [0.4, 0.5) is 13.2 Å². The Hall–Kier alpha value is -1.49. The molecule has 0 heterocycles. The van der Waals surface area contributed by atoms with Crippen molar-refractivity contribution < 1.29 is 17.9 Å². The smallest absolute Gasteiger partial charge is 0.416 e. The predicted molar refractivity (Wildman–Crippen MR) is 71.1 cm³/mol. The van der Waals surface area contributed by atoms with Crippen LogP contribution in [0.25, 0.3) is 11.1 Å². The molecule has 0 aliphatic rings. The molecular formula is C14H10BrF3O. The third-order valence-corrected chi connectivity index (χ3v) is 3.21. The van der Waals surface area contributed by atoms with Crippen molar-refractivity contribution in [2.45, 2.75) is 6.18 Å². The first-order chi connectivity index (χ1) is 8.91. The Morgan fingerprint density at radius 2 is 1.63 bits per heavy atom. The van der Waals surface area contributed by atoms with Gasteiger partial charge in [-0.25, -0.2) is 0 Å². The Balaban J connectivity index is 2.50. The fraction of sp³-hybridized carbons (Fsp3) is 0.143. The summed E-state index contributed by atoms with van der Waals surface area (Å²) in [6, 6.07) is 10.8. The van der Waals surface area contributed by atoms with E-state index in [0.717, 1.165) is 22.2 Å². The zero-order valence-corrected chi connectivity index (χ0v) is 11.5. The number of methoxy groups -OCH3 is 1. The van der Waals surface area contributed by atoms with Gasteiger partial charge in [0.2, 0.25) is 0 Å². The molecule has 0 N–H and O–H groups in total. The van der Waals surface area contributed by atoms with E-state index in [4.69, 9.17) is 4.74 Å². The lowest BCUT2D eigenvalue weighted by Gasteiger charge is -2.13. The molecule has 0 amide bonds. The molecule has 0 aromatic heterocycles. The lowest BCUT2D eigenvalue weighted by atomic mass is 10.0. The van der Waals surface area contributed by atoms with E-state index in [-0.39, 0.29) is 5.75 Å². The van der Waals surface area contributed by atoms with E-state index >= 15 is 0 Å². The molecule has 0 radical (unpaired) electrons. The fourth-order valence-corrected chi connectivity index (χ4v) is 2.00. The van der Waals surface area contributed by atoms with E-state index in [1.807, 2.05) is 24.3 Å². The topological polar surface area (TPSA) is 9.23 Å². The lowest BCUT2D eigenvalue weighted by molar-refractivity contribution is -0.137. The Kier molecular flexibility index (Phi) is 3.85. The highest BCUT2D eigenvalue weighted by atomic mass is 79.9. The van der Waals surface area contributed by atoms with Crippen LogP contribution in [0.2, 0.25) is 0 Å². The van der Waals surface area contributed by atoms with Crippen LogP contribution in [0.3, 0.4) is 0 Å². The number of halogens is 4. The van der Waals surface area contributed by atoms with Gasteiger partial charge in [-0.05, 0) is 29.8 Å². The molecule has 100 valence electrons.